The second kappa shape index (κ2) is 3.62. The van der Waals surface area contributed by atoms with Gasteiger partial charge in [-0.15, -0.1) is 0 Å². The molecule has 76 valence electrons. The number of aromatic nitrogens is 1. The minimum absolute atomic E-state index is 0.112. The van der Waals surface area contributed by atoms with E-state index < -0.39 is 5.97 Å². The Hall–Kier alpha value is -1.42. The zero-order valence-electron chi connectivity index (χ0n) is 7.99. The van der Waals surface area contributed by atoms with E-state index in [1.165, 1.54) is 0 Å². The first-order chi connectivity index (χ1) is 7.09. The summed E-state index contributed by atoms with van der Waals surface area (Å²) in [6.07, 6.45) is 0. The maximum absolute atomic E-state index is 10.9. The van der Waals surface area contributed by atoms with E-state index in [0.717, 1.165) is 9.86 Å². The molecule has 2 rings (SSSR count). The third-order valence-electron chi connectivity index (χ3n) is 2.20. The molecule has 0 saturated carbocycles. The van der Waals surface area contributed by atoms with Crippen molar-refractivity contribution in [3.8, 4) is 0 Å². The van der Waals surface area contributed by atoms with Gasteiger partial charge in [0.05, 0.1) is 5.52 Å². The van der Waals surface area contributed by atoms with Gasteiger partial charge in [-0.3, -0.25) is 0 Å². The Morgan fingerprint density at radius 3 is 2.87 bits per heavy atom. The lowest BCUT2D eigenvalue weighted by Crippen LogP contribution is -2.03. The smallest absolute Gasteiger partial charge is 0.354 e. The largest absolute Gasteiger partial charge is 0.477 e. The Morgan fingerprint density at radius 1 is 1.47 bits per heavy atom. The summed E-state index contributed by atoms with van der Waals surface area (Å²) in [4.78, 5) is 15.0. The van der Waals surface area contributed by atoms with Crippen molar-refractivity contribution in [3.63, 3.8) is 0 Å². The van der Waals surface area contributed by atoms with Crippen LogP contribution in [0, 0.1) is 6.92 Å². The Kier molecular flexibility index (Phi) is 2.44. The van der Waals surface area contributed by atoms with E-state index in [9.17, 15) is 4.79 Å². The van der Waals surface area contributed by atoms with Gasteiger partial charge in [0, 0.05) is 9.86 Å². The third-order valence-corrected chi connectivity index (χ3v) is 2.89. The van der Waals surface area contributed by atoms with Gasteiger partial charge in [-0.05, 0) is 30.7 Å². The first kappa shape index (κ1) is 10.1. The van der Waals surface area contributed by atoms with Crippen LogP contribution in [0.4, 0.5) is 0 Å². The highest BCUT2D eigenvalue weighted by Crippen LogP contribution is 2.24. The first-order valence-electron chi connectivity index (χ1n) is 4.39. The van der Waals surface area contributed by atoms with Crippen molar-refractivity contribution in [2.45, 2.75) is 6.92 Å². The van der Waals surface area contributed by atoms with Gasteiger partial charge < -0.3 is 5.11 Å². The van der Waals surface area contributed by atoms with Crippen LogP contribution >= 0.6 is 15.9 Å². The second-order valence-corrected chi connectivity index (χ2v) is 4.12. The molecule has 0 atom stereocenters. The van der Waals surface area contributed by atoms with Crippen molar-refractivity contribution < 1.29 is 9.90 Å². The maximum atomic E-state index is 10.9. The molecule has 3 nitrogen and oxygen atoms in total. The van der Waals surface area contributed by atoms with Crippen LogP contribution in [-0.4, -0.2) is 16.1 Å². The molecule has 2 aromatic rings. The predicted molar refractivity (Wildman–Crippen MR) is 61.1 cm³/mol. The van der Waals surface area contributed by atoms with Gasteiger partial charge in [-0.25, -0.2) is 9.78 Å². The molecule has 0 aliphatic carbocycles. The van der Waals surface area contributed by atoms with Crippen molar-refractivity contribution in [1.29, 1.82) is 0 Å². The second-order valence-electron chi connectivity index (χ2n) is 3.27. The topological polar surface area (TPSA) is 50.2 Å². The van der Waals surface area contributed by atoms with E-state index in [-0.39, 0.29) is 5.69 Å². The number of hydrogen-bond donors (Lipinski definition) is 1. The maximum Gasteiger partial charge on any atom is 0.354 e. The van der Waals surface area contributed by atoms with E-state index in [0.29, 0.717) is 11.1 Å². The Morgan fingerprint density at radius 2 is 2.20 bits per heavy atom. The SMILES string of the molecule is Cc1cc2c(Br)cccc2nc1C(=O)O. The normalized spacial score (nSPS) is 10.5. The first-order valence-corrected chi connectivity index (χ1v) is 5.18. The van der Waals surface area contributed by atoms with Gasteiger partial charge in [0.2, 0.25) is 0 Å². The van der Waals surface area contributed by atoms with Crippen molar-refractivity contribution >= 4 is 32.8 Å². The third kappa shape index (κ3) is 1.72. The summed E-state index contributed by atoms with van der Waals surface area (Å²) in [6.45, 7) is 1.75. The molecule has 0 unspecified atom stereocenters. The van der Waals surface area contributed by atoms with Crippen LogP contribution in [0.3, 0.4) is 0 Å². The summed E-state index contributed by atoms with van der Waals surface area (Å²) in [5.74, 6) is -0.991. The van der Waals surface area contributed by atoms with Gasteiger partial charge >= 0.3 is 5.97 Å². The van der Waals surface area contributed by atoms with E-state index >= 15 is 0 Å². The number of fused-ring (bicyclic) bond motifs is 1. The van der Waals surface area contributed by atoms with Gasteiger partial charge in [0.25, 0.3) is 0 Å². The number of carboxylic acids is 1. The number of pyridine rings is 1. The number of halogens is 1. The predicted octanol–water partition coefficient (Wildman–Crippen LogP) is 3.00. The zero-order valence-corrected chi connectivity index (χ0v) is 9.58. The molecule has 0 spiro atoms. The average Bonchev–Trinajstić information content (AvgIpc) is 2.18. The summed E-state index contributed by atoms with van der Waals surface area (Å²) in [5.41, 5.74) is 1.47. The Labute approximate surface area is 94.9 Å². The number of benzene rings is 1. The molecule has 0 aliphatic rings. The molecule has 1 aromatic heterocycles. The number of hydrogen-bond acceptors (Lipinski definition) is 2. The quantitative estimate of drug-likeness (QED) is 0.863. The minimum atomic E-state index is -0.991. The molecular formula is C11H8BrNO2. The number of carbonyl (C=O) groups is 1. The fourth-order valence-corrected chi connectivity index (χ4v) is 1.95. The van der Waals surface area contributed by atoms with Gasteiger partial charge in [-0.2, -0.15) is 0 Å². The van der Waals surface area contributed by atoms with Crippen molar-refractivity contribution in [2.24, 2.45) is 0 Å². The van der Waals surface area contributed by atoms with Crippen molar-refractivity contribution in [3.05, 3.63) is 40.0 Å². The van der Waals surface area contributed by atoms with E-state index in [1.54, 1.807) is 13.0 Å². The fourth-order valence-electron chi connectivity index (χ4n) is 1.48. The molecule has 15 heavy (non-hydrogen) atoms. The number of aryl methyl sites for hydroxylation is 1. The van der Waals surface area contributed by atoms with Gasteiger partial charge in [0.15, 0.2) is 5.69 Å². The van der Waals surface area contributed by atoms with E-state index in [2.05, 4.69) is 20.9 Å². The number of aromatic carboxylic acids is 1. The molecule has 0 fully saturated rings. The Bertz CT molecular complexity index is 552. The molecular weight excluding hydrogens is 258 g/mol. The Balaban J connectivity index is 2.82. The molecule has 1 aromatic carbocycles. The average molecular weight is 266 g/mol. The number of rotatable bonds is 1. The summed E-state index contributed by atoms with van der Waals surface area (Å²) in [7, 11) is 0. The van der Waals surface area contributed by atoms with Crippen LogP contribution in [-0.2, 0) is 0 Å². The van der Waals surface area contributed by atoms with E-state index in [4.69, 9.17) is 5.11 Å². The van der Waals surface area contributed by atoms with Gasteiger partial charge in [0.1, 0.15) is 0 Å². The van der Waals surface area contributed by atoms with Gasteiger partial charge in [-0.1, -0.05) is 22.0 Å². The molecule has 0 radical (unpaired) electrons. The summed E-state index contributed by atoms with van der Waals surface area (Å²) in [5, 5.41) is 9.85. The number of carboxylic acid groups (broad SMARTS) is 1. The lowest BCUT2D eigenvalue weighted by molar-refractivity contribution is 0.0690. The lowest BCUT2D eigenvalue weighted by Gasteiger charge is -2.04. The fraction of sp³-hybridized carbons (Fsp3) is 0.0909. The van der Waals surface area contributed by atoms with Crippen LogP contribution in [0.1, 0.15) is 16.1 Å². The van der Waals surface area contributed by atoms with Crippen LogP contribution in [0.15, 0.2) is 28.7 Å². The number of nitrogens with zero attached hydrogens (tertiary/aromatic N) is 1. The highest BCUT2D eigenvalue weighted by Gasteiger charge is 2.11. The minimum Gasteiger partial charge on any atom is -0.477 e. The molecule has 1 heterocycles. The summed E-state index contributed by atoms with van der Waals surface area (Å²) < 4.78 is 0.924. The monoisotopic (exact) mass is 265 g/mol. The highest BCUT2D eigenvalue weighted by molar-refractivity contribution is 9.10. The molecule has 1 N–H and O–H groups in total. The summed E-state index contributed by atoms with van der Waals surface area (Å²) in [6, 6.07) is 7.37. The van der Waals surface area contributed by atoms with Crippen molar-refractivity contribution in [2.75, 3.05) is 0 Å². The lowest BCUT2D eigenvalue weighted by atomic mass is 10.1. The molecule has 0 saturated heterocycles. The molecule has 0 bridgehead atoms. The van der Waals surface area contributed by atoms with Crippen molar-refractivity contribution in [1.82, 2.24) is 4.98 Å². The summed E-state index contributed by atoms with van der Waals surface area (Å²) >= 11 is 3.41. The molecule has 0 aliphatic heterocycles. The van der Waals surface area contributed by atoms with Crippen LogP contribution in [0.2, 0.25) is 0 Å². The molecule has 0 amide bonds. The van der Waals surface area contributed by atoms with Crippen LogP contribution in [0.25, 0.3) is 10.9 Å². The standard InChI is InChI=1S/C11H8BrNO2/c1-6-5-7-8(12)3-2-4-9(7)13-10(6)11(14)15/h2-5H,1H3,(H,14,15). The highest BCUT2D eigenvalue weighted by atomic mass is 79.9. The van der Waals surface area contributed by atoms with Crippen LogP contribution < -0.4 is 0 Å². The van der Waals surface area contributed by atoms with Crippen LogP contribution in [0.5, 0.6) is 0 Å². The zero-order chi connectivity index (χ0) is 11.0. The molecule has 4 heteroatoms. The van der Waals surface area contributed by atoms with E-state index in [1.807, 2.05) is 18.2 Å².